The molecule has 2 aromatic rings. The molecule has 0 atom stereocenters. The van der Waals surface area contributed by atoms with Gasteiger partial charge in [-0.25, -0.2) is 8.42 Å². The third-order valence-corrected chi connectivity index (χ3v) is 7.37. The molecule has 0 spiro atoms. The van der Waals surface area contributed by atoms with Gasteiger partial charge in [-0.3, -0.25) is 19.4 Å². The number of piperazine rings is 1. The summed E-state index contributed by atoms with van der Waals surface area (Å²) in [6.07, 6.45) is 0. The van der Waals surface area contributed by atoms with Gasteiger partial charge in [-0.15, -0.1) is 0 Å². The van der Waals surface area contributed by atoms with E-state index in [-0.39, 0.29) is 23.4 Å². The average Bonchev–Trinajstić information content (AvgIpc) is 2.94. The molecule has 0 aromatic heterocycles. The summed E-state index contributed by atoms with van der Waals surface area (Å²) in [5.41, 5.74) is 0.840. The number of benzene rings is 2. The van der Waals surface area contributed by atoms with Crippen LogP contribution in [-0.2, 0) is 10.0 Å². The Morgan fingerprint density at radius 1 is 0.857 bits per heavy atom. The maximum atomic E-state index is 12.8. The van der Waals surface area contributed by atoms with Crippen molar-refractivity contribution in [3.63, 3.8) is 0 Å². The summed E-state index contributed by atoms with van der Waals surface area (Å²) in [5, 5.41) is 0. The summed E-state index contributed by atoms with van der Waals surface area (Å²) in [5.74, 6) is -0.602. The van der Waals surface area contributed by atoms with Gasteiger partial charge in [0.05, 0.1) is 22.7 Å². The molecule has 0 aliphatic carbocycles. The standard InChI is InChI=1S/C19H18BrN3O4S/c20-14-4-3-5-15(12-14)28(26,27)22-10-8-21(9-11-22)13-23-18(24)16-6-1-2-7-17(16)19(23)25/h1-7,12H,8-11,13H2. The molecule has 7 nitrogen and oxygen atoms in total. The molecule has 4 rings (SSSR count). The van der Waals surface area contributed by atoms with Crippen LogP contribution in [0.25, 0.3) is 0 Å². The maximum absolute atomic E-state index is 12.8. The summed E-state index contributed by atoms with van der Waals surface area (Å²) >= 11 is 3.30. The van der Waals surface area contributed by atoms with Crippen molar-refractivity contribution in [3.05, 3.63) is 64.1 Å². The van der Waals surface area contributed by atoms with Gasteiger partial charge in [-0.05, 0) is 30.3 Å². The molecular weight excluding hydrogens is 446 g/mol. The molecule has 1 fully saturated rings. The number of rotatable bonds is 4. The zero-order valence-corrected chi connectivity index (χ0v) is 17.3. The summed E-state index contributed by atoms with van der Waals surface area (Å²) in [4.78, 5) is 28.4. The predicted octanol–water partition coefficient (Wildman–Crippen LogP) is 2.01. The Hall–Kier alpha value is -2.07. The summed E-state index contributed by atoms with van der Waals surface area (Å²) in [7, 11) is -3.57. The molecule has 2 heterocycles. The lowest BCUT2D eigenvalue weighted by atomic mass is 10.1. The van der Waals surface area contributed by atoms with Gasteiger partial charge in [0.25, 0.3) is 11.8 Å². The van der Waals surface area contributed by atoms with E-state index < -0.39 is 10.0 Å². The van der Waals surface area contributed by atoms with Gasteiger partial charge in [-0.2, -0.15) is 4.31 Å². The van der Waals surface area contributed by atoms with Gasteiger partial charge in [0.15, 0.2) is 0 Å². The second kappa shape index (κ2) is 7.40. The van der Waals surface area contributed by atoms with Gasteiger partial charge in [0, 0.05) is 30.7 Å². The van der Waals surface area contributed by atoms with Crippen molar-refractivity contribution >= 4 is 37.8 Å². The Labute approximate surface area is 171 Å². The van der Waals surface area contributed by atoms with E-state index in [9.17, 15) is 18.0 Å². The van der Waals surface area contributed by atoms with Crippen LogP contribution in [0.5, 0.6) is 0 Å². The highest BCUT2D eigenvalue weighted by Gasteiger charge is 2.37. The molecule has 0 bridgehead atoms. The lowest BCUT2D eigenvalue weighted by molar-refractivity contribution is 0.0500. The molecule has 0 N–H and O–H groups in total. The maximum Gasteiger partial charge on any atom is 0.262 e. The monoisotopic (exact) mass is 463 g/mol. The Balaban J connectivity index is 1.41. The van der Waals surface area contributed by atoms with E-state index in [0.717, 1.165) is 0 Å². The Morgan fingerprint density at radius 2 is 1.46 bits per heavy atom. The fraction of sp³-hybridized carbons (Fsp3) is 0.263. The van der Waals surface area contributed by atoms with E-state index in [1.807, 2.05) is 4.90 Å². The highest BCUT2D eigenvalue weighted by molar-refractivity contribution is 9.10. The van der Waals surface area contributed by atoms with Crippen LogP contribution in [0.2, 0.25) is 0 Å². The number of amides is 2. The molecule has 0 saturated carbocycles. The molecule has 0 unspecified atom stereocenters. The van der Waals surface area contributed by atoms with Crippen molar-refractivity contribution in [2.24, 2.45) is 0 Å². The van der Waals surface area contributed by atoms with Gasteiger partial charge in [0.2, 0.25) is 10.0 Å². The molecule has 9 heteroatoms. The van der Waals surface area contributed by atoms with Gasteiger partial charge < -0.3 is 0 Å². The number of carbonyl (C=O) groups is 2. The van der Waals surface area contributed by atoms with Crippen molar-refractivity contribution in [1.82, 2.24) is 14.1 Å². The third kappa shape index (κ3) is 3.39. The van der Waals surface area contributed by atoms with Crippen molar-refractivity contribution in [2.45, 2.75) is 4.90 Å². The van der Waals surface area contributed by atoms with Crippen molar-refractivity contribution in [1.29, 1.82) is 0 Å². The van der Waals surface area contributed by atoms with Gasteiger partial charge in [0.1, 0.15) is 0 Å². The van der Waals surface area contributed by atoms with Crippen LogP contribution in [-0.4, -0.2) is 67.2 Å². The largest absolute Gasteiger partial charge is 0.283 e. The first-order valence-electron chi connectivity index (χ1n) is 8.81. The molecule has 28 heavy (non-hydrogen) atoms. The SMILES string of the molecule is O=C1c2ccccc2C(=O)N1CN1CCN(S(=O)(=O)c2cccc(Br)c2)CC1. The third-order valence-electron chi connectivity index (χ3n) is 4.98. The smallest absolute Gasteiger partial charge is 0.262 e. The number of nitrogens with zero attached hydrogens (tertiary/aromatic N) is 3. The first kappa shape index (κ1) is 19.3. The Bertz CT molecular complexity index is 1010. The van der Waals surface area contributed by atoms with Crippen LogP contribution in [0, 0.1) is 0 Å². The fourth-order valence-electron chi connectivity index (χ4n) is 3.46. The minimum absolute atomic E-state index is 0.164. The van der Waals surface area contributed by atoms with Gasteiger partial charge >= 0.3 is 0 Å². The number of fused-ring (bicyclic) bond motifs is 1. The number of carbonyl (C=O) groups excluding carboxylic acids is 2. The number of hydrogen-bond acceptors (Lipinski definition) is 5. The van der Waals surface area contributed by atoms with Crippen LogP contribution in [0.4, 0.5) is 0 Å². The highest BCUT2D eigenvalue weighted by Crippen LogP contribution is 2.24. The average molecular weight is 464 g/mol. The second-order valence-corrected chi connectivity index (χ2v) is 9.56. The van der Waals surface area contributed by atoms with E-state index in [2.05, 4.69) is 15.9 Å². The predicted molar refractivity (Wildman–Crippen MR) is 106 cm³/mol. The Kier molecular flexibility index (Phi) is 5.09. The lowest BCUT2D eigenvalue weighted by Crippen LogP contribution is -2.52. The zero-order chi connectivity index (χ0) is 19.9. The van der Waals surface area contributed by atoms with Crippen LogP contribution in [0.3, 0.4) is 0 Å². The lowest BCUT2D eigenvalue weighted by Gasteiger charge is -2.35. The van der Waals surface area contributed by atoms with E-state index in [0.29, 0.717) is 41.8 Å². The summed E-state index contributed by atoms with van der Waals surface area (Å²) < 4.78 is 27.8. The Morgan fingerprint density at radius 3 is 2.04 bits per heavy atom. The highest BCUT2D eigenvalue weighted by atomic mass is 79.9. The molecule has 146 valence electrons. The first-order chi connectivity index (χ1) is 13.4. The van der Waals surface area contributed by atoms with Crippen LogP contribution < -0.4 is 0 Å². The first-order valence-corrected chi connectivity index (χ1v) is 11.0. The van der Waals surface area contributed by atoms with Crippen molar-refractivity contribution < 1.29 is 18.0 Å². The van der Waals surface area contributed by atoms with Crippen LogP contribution in [0.1, 0.15) is 20.7 Å². The number of hydrogen-bond donors (Lipinski definition) is 0. The number of imide groups is 1. The topological polar surface area (TPSA) is 78.0 Å². The normalized spacial score (nSPS) is 18.5. The molecule has 2 aromatic carbocycles. The van der Waals surface area contributed by atoms with Crippen molar-refractivity contribution in [2.75, 3.05) is 32.8 Å². The molecule has 2 aliphatic rings. The van der Waals surface area contributed by atoms with Gasteiger partial charge in [-0.1, -0.05) is 34.1 Å². The van der Waals surface area contributed by atoms with Crippen molar-refractivity contribution in [3.8, 4) is 0 Å². The van der Waals surface area contributed by atoms with Crippen LogP contribution >= 0.6 is 15.9 Å². The second-order valence-electron chi connectivity index (χ2n) is 6.70. The fourth-order valence-corrected chi connectivity index (χ4v) is 5.47. The molecular formula is C19H18BrN3O4S. The summed E-state index contributed by atoms with van der Waals surface area (Å²) in [6, 6.07) is 13.4. The summed E-state index contributed by atoms with van der Waals surface area (Å²) in [6.45, 7) is 1.66. The van der Waals surface area contributed by atoms with E-state index in [4.69, 9.17) is 0 Å². The van der Waals surface area contributed by atoms with Crippen LogP contribution in [0.15, 0.2) is 57.9 Å². The molecule has 0 radical (unpaired) electrons. The quantitative estimate of drug-likeness (QED) is 0.648. The zero-order valence-electron chi connectivity index (χ0n) is 14.9. The number of halogens is 1. The minimum atomic E-state index is -3.57. The molecule has 2 aliphatic heterocycles. The minimum Gasteiger partial charge on any atom is -0.283 e. The van der Waals surface area contributed by atoms with E-state index >= 15 is 0 Å². The molecule has 2 amide bonds. The number of sulfonamides is 1. The molecule has 1 saturated heterocycles. The van der Waals surface area contributed by atoms with E-state index in [1.54, 1.807) is 48.5 Å². The van der Waals surface area contributed by atoms with E-state index in [1.165, 1.54) is 9.21 Å².